The molecule has 6 heteroatoms. The number of nitrogens with zero attached hydrogens (tertiary/aromatic N) is 5. The maximum atomic E-state index is 9.54. The Kier molecular flexibility index (Phi) is 3.49. The van der Waals surface area contributed by atoms with Gasteiger partial charge in [-0.15, -0.1) is 0 Å². The van der Waals surface area contributed by atoms with E-state index >= 15 is 0 Å². The summed E-state index contributed by atoms with van der Waals surface area (Å²) >= 11 is 6.17. The molecule has 5 nitrogen and oxygen atoms in total. The molecule has 0 spiro atoms. The summed E-state index contributed by atoms with van der Waals surface area (Å²) in [4.78, 5) is 8.91. The Morgan fingerprint density at radius 2 is 1.95 bits per heavy atom. The van der Waals surface area contributed by atoms with Gasteiger partial charge in [-0.05, 0) is 25.5 Å². The van der Waals surface area contributed by atoms with Crippen LogP contribution >= 0.6 is 11.6 Å². The number of likely N-dealkylation sites (tertiary alicyclic amines) is 1. The van der Waals surface area contributed by atoms with Crippen LogP contribution < -0.4 is 4.90 Å². The highest BCUT2D eigenvalue weighted by Crippen LogP contribution is 2.37. The lowest BCUT2D eigenvalue weighted by Crippen LogP contribution is -2.45. The van der Waals surface area contributed by atoms with E-state index in [1.807, 2.05) is 6.92 Å². The van der Waals surface area contributed by atoms with Gasteiger partial charge in [0.05, 0.1) is 11.1 Å². The van der Waals surface area contributed by atoms with Crippen LogP contribution in [0.3, 0.4) is 0 Å². The van der Waals surface area contributed by atoms with Crippen molar-refractivity contribution in [2.75, 3.05) is 25.0 Å². The second-order valence-corrected chi connectivity index (χ2v) is 6.03. The number of likely N-dealkylation sites (N-methyl/N-ethyl adjacent to an activating group) is 1. The van der Waals surface area contributed by atoms with E-state index in [1.165, 1.54) is 0 Å². The fourth-order valence-electron chi connectivity index (χ4n) is 3.51. The van der Waals surface area contributed by atoms with Gasteiger partial charge in [0.15, 0.2) is 0 Å². The zero-order valence-corrected chi connectivity index (χ0v) is 12.9. The average Bonchev–Trinajstić information content (AvgIpc) is 3.04. The Morgan fingerprint density at radius 1 is 1.24 bits per heavy atom. The lowest BCUT2D eigenvalue weighted by molar-refractivity contribution is 0.292. The number of hydrogen-bond donors (Lipinski definition) is 0. The van der Waals surface area contributed by atoms with Crippen LogP contribution in [0, 0.1) is 22.7 Å². The fraction of sp³-hybridized carbons (Fsp3) is 0.533. The van der Waals surface area contributed by atoms with Crippen molar-refractivity contribution in [3.8, 4) is 12.1 Å². The van der Waals surface area contributed by atoms with Crippen LogP contribution in [0.4, 0.5) is 5.82 Å². The smallest absolute Gasteiger partial charge is 0.149 e. The van der Waals surface area contributed by atoms with Crippen molar-refractivity contribution in [1.82, 2.24) is 9.88 Å². The SMILES string of the molecule is CCc1c(C#N)c(Cl)nc(N2CC3CC2CN3C)c1C#N. The Hall–Kier alpha value is -1.82. The summed E-state index contributed by atoms with van der Waals surface area (Å²) in [5.74, 6) is 0.652. The van der Waals surface area contributed by atoms with E-state index in [-0.39, 0.29) is 5.15 Å². The highest BCUT2D eigenvalue weighted by atomic mass is 35.5. The van der Waals surface area contributed by atoms with Gasteiger partial charge in [0.2, 0.25) is 0 Å². The third-order valence-corrected chi connectivity index (χ3v) is 4.87. The molecule has 1 aromatic rings. The van der Waals surface area contributed by atoms with Crippen LogP contribution in [-0.2, 0) is 6.42 Å². The molecule has 0 aromatic carbocycles. The van der Waals surface area contributed by atoms with Crippen molar-refractivity contribution in [3.63, 3.8) is 0 Å². The van der Waals surface area contributed by atoms with Gasteiger partial charge in [0, 0.05) is 25.2 Å². The number of fused-ring (bicyclic) bond motifs is 2. The minimum absolute atomic E-state index is 0.208. The number of halogens is 1. The monoisotopic (exact) mass is 301 g/mol. The van der Waals surface area contributed by atoms with E-state index in [0.29, 0.717) is 41.0 Å². The predicted octanol–water partition coefficient (Wildman–Crippen LogP) is 1.93. The number of hydrogen-bond acceptors (Lipinski definition) is 5. The molecule has 2 aliphatic rings. The largest absolute Gasteiger partial charge is 0.350 e. The van der Waals surface area contributed by atoms with E-state index in [0.717, 1.165) is 19.5 Å². The summed E-state index contributed by atoms with van der Waals surface area (Å²) in [6.07, 6.45) is 1.70. The van der Waals surface area contributed by atoms with E-state index < -0.39 is 0 Å². The van der Waals surface area contributed by atoms with Gasteiger partial charge in [0.1, 0.15) is 23.1 Å². The van der Waals surface area contributed by atoms with Crippen LogP contribution in [-0.4, -0.2) is 42.1 Å². The molecule has 2 fully saturated rings. The van der Waals surface area contributed by atoms with Crippen LogP contribution in [0.5, 0.6) is 0 Å². The lowest BCUT2D eigenvalue weighted by atomic mass is 10.0. The number of pyridine rings is 1. The van der Waals surface area contributed by atoms with Crippen molar-refractivity contribution in [1.29, 1.82) is 10.5 Å². The first-order valence-corrected chi connectivity index (χ1v) is 7.47. The molecule has 2 atom stereocenters. The summed E-state index contributed by atoms with van der Waals surface area (Å²) < 4.78 is 0. The van der Waals surface area contributed by atoms with Gasteiger partial charge in [-0.25, -0.2) is 4.98 Å². The molecule has 0 radical (unpaired) electrons. The summed E-state index contributed by atoms with van der Waals surface area (Å²) in [7, 11) is 2.13. The Morgan fingerprint density at radius 3 is 2.43 bits per heavy atom. The molecule has 0 saturated carbocycles. The zero-order chi connectivity index (χ0) is 15.1. The quantitative estimate of drug-likeness (QED) is 0.781. The van der Waals surface area contributed by atoms with Gasteiger partial charge < -0.3 is 4.90 Å². The van der Waals surface area contributed by atoms with Gasteiger partial charge >= 0.3 is 0 Å². The van der Waals surface area contributed by atoms with Gasteiger partial charge in [-0.1, -0.05) is 18.5 Å². The number of aromatic nitrogens is 1. The van der Waals surface area contributed by atoms with Crippen LogP contribution in [0.1, 0.15) is 30.0 Å². The normalized spacial score (nSPS) is 24.1. The second kappa shape index (κ2) is 5.18. The highest BCUT2D eigenvalue weighted by Gasteiger charge is 2.43. The van der Waals surface area contributed by atoms with E-state index in [1.54, 1.807) is 0 Å². The minimum atomic E-state index is 0.208. The maximum absolute atomic E-state index is 9.54. The van der Waals surface area contributed by atoms with Crippen molar-refractivity contribution in [2.24, 2.45) is 0 Å². The molecular formula is C15H16ClN5. The van der Waals surface area contributed by atoms with E-state index in [9.17, 15) is 10.5 Å². The molecule has 3 rings (SSSR count). The van der Waals surface area contributed by atoms with Crippen molar-refractivity contribution >= 4 is 17.4 Å². The highest BCUT2D eigenvalue weighted by molar-refractivity contribution is 6.30. The second-order valence-electron chi connectivity index (χ2n) is 5.67. The Bertz CT molecular complexity index is 670. The van der Waals surface area contributed by atoms with E-state index in [2.05, 4.69) is 34.0 Å². The van der Waals surface area contributed by atoms with Crippen molar-refractivity contribution in [2.45, 2.75) is 31.8 Å². The molecule has 2 unspecified atom stereocenters. The lowest BCUT2D eigenvalue weighted by Gasteiger charge is -2.33. The number of piperazine rings is 1. The molecule has 0 aliphatic carbocycles. The minimum Gasteiger partial charge on any atom is -0.350 e. The van der Waals surface area contributed by atoms with Gasteiger partial charge in [0.25, 0.3) is 0 Å². The van der Waals surface area contributed by atoms with Crippen LogP contribution in [0.2, 0.25) is 5.15 Å². The zero-order valence-electron chi connectivity index (χ0n) is 12.1. The molecule has 1 aromatic heterocycles. The number of rotatable bonds is 2. The summed E-state index contributed by atoms with van der Waals surface area (Å²) in [5, 5.41) is 19.0. The summed E-state index contributed by atoms with van der Waals surface area (Å²) in [6, 6.07) is 5.21. The molecule has 108 valence electrons. The standard InChI is InChI=1S/C15H16ClN5/c1-3-11-12(5-17)14(16)19-15(13(11)6-18)21-8-9-4-10(21)7-20(9)2/h9-10H,3-4,7-8H2,1-2H3. The topological polar surface area (TPSA) is 67.0 Å². The first-order chi connectivity index (χ1) is 10.1. The Balaban J connectivity index is 2.11. The van der Waals surface area contributed by atoms with Gasteiger partial charge in [-0.3, -0.25) is 4.90 Å². The molecule has 3 heterocycles. The molecule has 2 saturated heterocycles. The first-order valence-electron chi connectivity index (χ1n) is 7.10. The average molecular weight is 302 g/mol. The molecular weight excluding hydrogens is 286 g/mol. The third kappa shape index (κ3) is 2.05. The number of nitriles is 2. The summed E-state index contributed by atoms with van der Waals surface area (Å²) in [5.41, 5.74) is 1.56. The van der Waals surface area contributed by atoms with Gasteiger partial charge in [-0.2, -0.15) is 10.5 Å². The van der Waals surface area contributed by atoms with E-state index in [4.69, 9.17) is 11.6 Å². The van der Waals surface area contributed by atoms with Crippen LogP contribution in [0.25, 0.3) is 0 Å². The molecule has 2 aliphatic heterocycles. The van der Waals surface area contributed by atoms with Crippen molar-refractivity contribution in [3.05, 3.63) is 21.8 Å². The first kappa shape index (κ1) is 14.1. The molecule has 0 amide bonds. The number of anilines is 1. The molecule has 0 N–H and O–H groups in total. The fourth-order valence-corrected chi connectivity index (χ4v) is 3.74. The third-order valence-electron chi connectivity index (χ3n) is 4.60. The predicted molar refractivity (Wildman–Crippen MR) is 80.2 cm³/mol. The molecule has 21 heavy (non-hydrogen) atoms. The molecule has 2 bridgehead atoms. The van der Waals surface area contributed by atoms with Crippen LogP contribution in [0.15, 0.2) is 0 Å². The maximum Gasteiger partial charge on any atom is 0.149 e. The van der Waals surface area contributed by atoms with Crippen molar-refractivity contribution < 1.29 is 0 Å². The Labute approximate surface area is 129 Å². The summed E-state index contributed by atoms with van der Waals surface area (Å²) in [6.45, 7) is 3.78.